The highest BCUT2D eigenvalue weighted by Gasteiger charge is 2.19. The van der Waals surface area contributed by atoms with Crippen LogP contribution >= 0.6 is 15.9 Å². The molecule has 16 heavy (non-hydrogen) atoms. The maximum atomic E-state index is 5.51. The van der Waals surface area contributed by atoms with Crippen LogP contribution in [0.1, 0.15) is 25.6 Å². The van der Waals surface area contributed by atoms with Crippen LogP contribution in [-0.4, -0.2) is 28.7 Å². The lowest BCUT2D eigenvalue weighted by Crippen LogP contribution is -2.32. The first-order valence-electron chi connectivity index (χ1n) is 5.53. The van der Waals surface area contributed by atoms with E-state index < -0.39 is 0 Å². The molecule has 0 spiro atoms. The van der Waals surface area contributed by atoms with E-state index in [-0.39, 0.29) is 0 Å². The smallest absolute Gasteiger partial charge is 0.131 e. The fraction of sp³-hybridized carbons (Fsp3) is 0.636. The fourth-order valence-electron chi connectivity index (χ4n) is 1.94. The molecule has 0 amide bonds. The number of hydrogen-bond donors (Lipinski definition) is 1. The number of halogens is 1. The van der Waals surface area contributed by atoms with Crippen molar-refractivity contribution in [3.05, 3.63) is 16.5 Å². The van der Waals surface area contributed by atoms with Crippen LogP contribution in [0.25, 0.3) is 0 Å². The summed E-state index contributed by atoms with van der Waals surface area (Å²) < 4.78 is 6.33. The van der Waals surface area contributed by atoms with Gasteiger partial charge in [-0.25, -0.2) is 9.97 Å². The number of anilines is 1. The van der Waals surface area contributed by atoms with Gasteiger partial charge >= 0.3 is 0 Å². The van der Waals surface area contributed by atoms with Crippen molar-refractivity contribution in [1.82, 2.24) is 9.97 Å². The molecule has 1 aromatic rings. The molecule has 1 saturated heterocycles. The summed E-state index contributed by atoms with van der Waals surface area (Å²) in [5.74, 6) is 1.66. The summed E-state index contributed by atoms with van der Waals surface area (Å²) in [6, 6.07) is 2.36. The van der Waals surface area contributed by atoms with Crippen LogP contribution in [0.3, 0.4) is 0 Å². The molecule has 1 fully saturated rings. The van der Waals surface area contributed by atoms with Crippen LogP contribution in [0, 0.1) is 6.92 Å². The Hall–Kier alpha value is -0.680. The monoisotopic (exact) mass is 285 g/mol. The van der Waals surface area contributed by atoms with Crippen molar-refractivity contribution >= 4 is 21.7 Å². The minimum atomic E-state index is 0.331. The first-order chi connectivity index (χ1) is 7.63. The van der Waals surface area contributed by atoms with Gasteiger partial charge in [-0.15, -0.1) is 0 Å². The van der Waals surface area contributed by atoms with Crippen molar-refractivity contribution in [2.45, 2.75) is 38.8 Å². The molecule has 2 atom stereocenters. The molecule has 0 saturated carbocycles. The Labute approximate surface area is 104 Å². The normalized spacial score (nSPS) is 25.4. The molecule has 4 nitrogen and oxygen atoms in total. The molecular formula is C11H16BrN3O. The van der Waals surface area contributed by atoms with Crippen molar-refractivity contribution in [3.8, 4) is 0 Å². The fourth-order valence-corrected chi connectivity index (χ4v) is 2.42. The van der Waals surface area contributed by atoms with E-state index in [0.717, 1.165) is 35.7 Å². The van der Waals surface area contributed by atoms with E-state index in [4.69, 9.17) is 4.74 Å². The molecule has 5 heteroatoms. The van der Waals surface area contributed by atoms with Crippen molar-refractivity contribution in [2.24, 2.45) is 0 Å². The van der Waals surface area contributed by atoms with Crippen molar-refractivity contribution < 1.29 is 4.74 Å². The molecule has 2 heterocycles. The van der Waals surface area contributed by atoms with E-state index in [0.29, 0.717) is 12.1 Å². The predicted octanol–water partition coefficient (Wildman–Crippen LogP) is 2.53. The zero-order chi connectivity index (χ0) is 11.5. The standard InChI is InChI=1S/C11H16BrN3O/c1-7-5-9(3-4-16-7)15-11-6-10(12)13-8(2)14-11/h6-7,9H,3-5H2,1-2H3,(H,13,14,15). The van der Waals surface area contributed by atoms with Gasteiger partial charge in [-0.3, -0.25) is 0 Å². The Kier molecular flexibility index (Phi) is 3.76. The summed E-state index contributed by atoms with van der Waals surface area (Å²) in [6.45, 7) is 4.82. The maximum absolute atomic E-state index is 5.51. The first kappa shape index (κ1) is 11.8. The topological polar surface area (TPSA) is 47.0 Å². The third-order valence-electron chi connectivity index (χ3n) is 2.64. The molecule has 0 aliphatic carbocycles. The van der Waals surface area contributed by atoms with Crippen molar-refractivity contribution in [3.63, 3.8) is 0 Å². The van der Waals surface area contributed by atoms with Gasteiger partial charge in [0.1, 0.15) is 16.2 Å². The third-order valence-corrected chi connectivity index (χ3v) is 3.05. The van der Waals surface area contributed by atoms with Gasteiger partial charge in [0, 0.05) is 18.7 Å². The lowest BCUT2D eigenvalue weighted by atomic mass is 10.0. The van der Waals surface area contributed by atoms with E-state index >= 15 is 0 Å². The van der Waals surface area contributed by atoms with Gasteiger partial charge in [-0.2, -0.15) is 0 Å². The Morgan fingerprint density at radius 2 is 2.31 bits per heavy atom. The summed E-state index contributed by atoms with van der Waals surface area (Å²) in [6.07, 6.45) is 2.39. The van der Waals surface area contributed by atoms with Gasteiger partial charge in [0.15, 0.2) is 0 Å². The lowest BCUT2D eigenvalue weighted by Gasteiger charge is -2.28. The molecule has 1 aliphatic rings. The summed E-state index contributed by atoms with van der Waals surface area (Å²) in [5.41, 5.74) is 0. The van der Waals surface area contributed by atoms with Crippen LogP contribution in [0.15, 0.2) is 10.7 Å². The first-order valence-corrected chi connectivity index (χ1v) is 6.32. The number of hydrogen-bond acceptors (Lipinski definition) is 4. The van der Waals surface area contributed by atoms with E-state index in [1.807, 2.05) is 13.0 Å². The Morgan fingerprint density at radius 1 is 1.50 bits per heavy atom. The highest BCUT2D eigenvalue weighted by Crippen LogP contribution is 2.19. The summed E-state index contributed by atoms with van der Waals surface area (Å²) in [4.78, 5) is 8.54. The number of aryl methyl sites for hydroxylation is 1. The van der Waals surface area contributed by atoms with Gasteiger partial charge in [0.25, 0.3) is 0 Å². The Balaban J connectivity index is 2.02. The van der Waals surface area contributed by atoms with Crippen LogP contribution in [0.4, 0.5) is 5.82 Å². The average molecular weight is 286 g/mol. The summed E-state index contributed by atoms with van der Waals surface area (Å²) in [7, 11) is 0. The zero-order valence-electron chi connectivity index (χ0n) is 9.53. The minimum absolute atomic E-state index is 0.331. The third kappa shape index (κ3) is 3.15. The van der Waals surface area contributed by atoms with Crippen LogP contribution < -0.4 is 5.32 Å². The van der Waals surface area contributed by atoms with E-state index in [1.165, 1.54) is 0 Å². The summed E-state index contributed by atoms with van der Waals surface area (Å²) >= 11 is 3.37. The lowest BCUT2D eigenvalue weighted by molar-refractivity contribution is 0.0232. The molecular weight excluding hydrogens is 270 g/mol. The second-order valence-corrected chi connectivity index (χ2v) is 4.98. The molecule has 1 aromatic heterocycles. The minimum Gasteiger partial charge on any atom is -0.378 e. The number of aromatic nitrogens is 2. The van der Waals surface area contributed by atoms with Gasteiger partial charge in [0.2, 0.25) is 0 Å². The zero-order valence-corrected chi connectivity index (χ0v) is 11.1. The Morgan fingerprint density at radius 3 is 3.00 bits per heavy atom. The summed E-state index contributed by atoms with van der Waals surface area (Å²) in [5, 5.41) is 3.43. The average Bonchev–Trinajstić information content (AvgIpc) is 2.15. The molecule has 0 bridgehead atoms. The van der Waals surface area contributed by atoms with E-state index in [1.54, 1.807) is 0 Å². The largest absolute Gasteiger partial charge is 0.378 e. The Bertz CT molecular complexity index is 352. The second-order valence-electron chi connectivity index (χ2n) is 4.17. The molecule has 0 aromatic carbocycles. The maximum Gasteiger partial charge on any atom is 0.131 e. The van der Waals surface area contributed by atoms with Crippen molar-refractivity contribution in [2.75, 3.05) is 11.9 Å². The number of nitrogens with one attached hydrogen (secondary N) is 1. The van der Waals surface area contributed by atoms with Crippen LogP contribution in [-0.2, 0) is 4.74 Å². The highest BCUT2D eigenvalue weighted by atomic mass is 79.9. The predicted molar refractivity (Wildman–Crippen MR) is 66.5 cm³/mol. The van der Waals surface area contributed by atoms with Gasteiger partial charge in [0.05, 0.1) is 6.10 Å². The molecule has 88 valence electrons. The number of nitrogens with zero attached hydrogens (tertiary/aromatic N) is 2. The molecule has 0 radical (unpaired) electrons. The van der Waals surface area contributed by atoms with E-state index in [2.05, 4.69) is 38.1 Å². The SMILES string of the molecule is Cc1nc(Br)cc(NC2CCOC(C)C2)n1. The molecule has 2 rings (SSSR count). The molecule has 1 aliphatic heterocycles. The van der Waals surface area contributed by atoms with Crippen molar-refractivity contribution in [1.29, 1.82) is 0 Å². The highest BCUT2D eigenvalue weighted by molar-refractivity contribution is 9.10. The molecule has 2 unspecified atom stereocenters. The quantitative estimate of drug-likeness (QED) is 0.849. The van der Waals surface area contributed by atoms with Crippen LogP contribution in [0.5, 0.6) is 0 Å². The molecule has 1 N–H and O–H groups in total. The number of ether oxygens (including phenoxy) is 1. The second kappa shape index (κ2) is 5.10. The van der Waals surface area contributed by atoms with Gasteiger partial charge in [-0.05, 0) is 42.6 Å². The van der Waals surface area contributed by atoms with E-state index in [9.17, 15) is 0 Å². The van der Waals surface area contributed by atoms with Gasteiger partial charge < -0.3 is 10.1 Å². The van der Waals surface area contributed by atoms with Gasteiger partial charge in [-0.1, -0.05) is 0 Å². The number of rotatable bonds is 2. The van der Waals surface area contributed by atoms with Crippen LogP contribution in [0.2, 0.25) is 0 Å².